The Bertz CT molecular complexity index is 1090. The second-order valence-electron chi connectivity index (χ2n) is 10.9. The lowest BCUT2D eigenvalue weighted by Gasteiger charge is -2.60. The van der Waals surface area contributed by atoms with Crippen LogP contribution in [0.5, 0.6) is 5.75 Å². The number of piperidine rings is 1. The molecule has 6 heteroatoms. The van der Waals surface area contributed by atoms with Gasteiger partial charge >= 0.3 is 0 Å². The van der Waals surface area contributed by atoms with Crippen LogP contribution in [0.1, 0.15) is 55.4 Å². The Labute approximate surface area is 208 Å². The number of hydrogen-bond acceptors (Lipinski definition) is 5. The van der Waals surface area contributed by atoms with E-state index in [2.05, 4.69) is 11.0 Å². The van der Waals surface area contributed by atoms with Gasteiger partial charge in [0.2, 0.25) is 5.91 Å². The van der Waals surface area contributed by atoms with Gasteiger partial charge in [-0.1, -0.05) is 12.1 Å². The number of hydrogen-bond donors (Lipinski definition) is 1. The van der Waals surface area contributed by atoms with E-state index in [-0.39, 0.29) is 28.7 Å². The van der Waals surface area contributed by atoms with E-state index in [4.69, 9.17) is 9.15 Å². The third kappa shape index (κ3) is 4.54. The number of fused-ring (bicyclic) bond motifs is 1. The summed E-state index contributed by atoms with van der Waals surface area (Å²) in [5.74, 6) is 1.92. The molecule has 2 saturated carbocycles. The normalized spacial score (nSPS) is 29.3. The number of carbonyl (C=O) groups is 1. The van der Waals surface area contributed by atoms with Gasteiger partial charge in [-0.2, -0.15) is 0 Å². The van der Waals surface area contributed by atoms with Crippen LogP contribution in [0.4, 0.5) is 0 Å². The number of aromatic hydroxyl groups is 1. The monoisotopic (exact) mass is 478 g/mol. The molecule has 1 saturated heterocycles. The Hall–Kier alpha value is -2.57. The number of rotatable bonds is 7. The predicted octanol–water partition coefficient (Wildman–Crippen LogP) is 4.76. The molecule has 188 valence electrons. The molecule has 0 unspecified atom stereocenters. The molecule has 2 heterocycles. The summed E-state index contributed by atoms with van der Waals surface area (Å²) < 4.78 is 11.8. The molecule has 5 rings (SSSR count). The summed E-state index contributed by atoms with van der Waals surface area (Å²) in [5.41, 5.74) is 1.45. The number of aryl methyl sites for hydroxylation is 1. The molecule has 3 aliphatic rings. The minimum absolute atomic E-state index is 0.00209. The van der Waals surface area contributed by atoms with Gasteiger partial charge in [-0.05, 0) is 87.7 Å². The van der Waals surface area contributed by atoms with Gasteiger partial charge in [-0.15, -0.1) is 0 Å². The van der Waals surface area contributed by atoms with Crippen molar-refractivity contribution in [3.63, 3.8) is 0 Å². The Balaban J connectivity index is 1.42. The van der Waals surface area contributed by atoms with Crippen molar-refractivity contribution in [1.82, 2.24) is 9.80 Å². The lowest BCUT2D eigenvalue weighted by Crippen LogP contribution is -2.68. The van der Waals surface area contributed by atoms with Gasteiger partial charge in [0, 0.05) is 50.3 Å². The maximum atomic E-state index is 13.2. The van der Waals surface area contributed by atoms with E-state index in [0.717, 1.165) is 68.1 Å². The molecule has 0 bridgehead atoms. The van der Waals surface area contributed by atoms with E-state index >= 15 is 0 Å². The number of likely N-dealkylation sites (N-methyl/N-ethyl adjacent to an activating group) is 1. The highest BCUT2D eigenvalue weighted by atomic mass is 16.5. The number of benzene rings is 1. The summed E-state index contributed by atoms with van der Waals surface area (Å²) in [5, 5.41) is 10.4. The highest BCUT2D eigenvalue weighted by Crippen LogP contribution is 2.54. The molecule has 1 N–H and O–H groups in total. The molecule has 2 aromatic rings. The molecule has 0 spiro atoms. The molecule has 1 aromatic heterocycles. The van der Waals surface area contributed by atoms with Crippen molar-refractivity contribution in [2.24, 2.45) is 5.92 Å². The van der Waals surface area contributed by atoms with Crippen LogP contribution in [-0.2, 0) is 14.9 Å². The summed E-state index contributed by atoms with van der Waals surface area (Å²) in [6.45, 7) is 4.97. The van der Waals surface area contributed by atoms with Crippen molar-refractivity contribution in [2.45, 2.75) is 62.5 Å². The van der Waals surface area contributed by atoms with E-state index in [1.807, 2.05) is 50.3 Å². The van der Waals surface area contributed by atoms with E-state index < -0.39 is 0 Å². The van der Waals surface area contributed by atoms with Crippen LogP contribution >= 0.6 is 0 Å². The van der Waals surface area contributed by atoms with Crippen LogP contribution in [0, 0.1) is 12.8 Å². The predicted molar refractivity (Wildman–Crippen MR) is 136 cm³/mol. The number of furan rings is 1. The number of likely N-dealkylation sites (tertiary alicyclic amines) is 1. The van der Waals surface area contributed by atoms with Crippen LogP contribution < -0.4 is 0 Å². The molecular weight excluding hydrogens is 440 g/mol. The summed E-state index contributed by atoms with van der Waals surface area (Å²) in [6, 6.07) is 9.68. The Morgan fingerprint density at radius 1 is 1.29 bits per heavy atom. The van der Waals surface area contributed by atoms with Gasteiger partial charge in [0.05, 0.1) is 11.9 Å². The van der Waals surface area contributed by atoms with Crippen molar-refractivity contribution in [3.05, 3.63) is 59.6 Å². The Morgan fingerprint density at radius 2 is 2.11 bits per heavy atom. The summed E-state index contributed by atoms with van der Waals surface area (Å²) in [6.07, 6.45) is 11.4. The number of carbonyl (C=O) groups excluding carboxylic acids is 1. The summed E-state index contributed by atoms with van der Waals surface area (Å²) in [4.78, 5) is 17.6. The fraction of sp³-hybridized carbons (Fsp3) is 0.552. The molecule has 2 aliphatic carbocycles. The van der Waals surface area contributed by atoms with E-state index in [1.54, 1.807) is 18.4 Å². The van der Waals surface area contributed by atoms with E-state index in [9.17, 15) is 9.90 Å². The van der Waals surface area contributed by atoms with Gasteiger partial charge in [-0.25, -0.2) is 0 Å². The molecule has 1 amide bonds. The Morgan fingerprint density at radius 3 is 2.80 bits per heavy atom. The topological polar surface area (TPSA) is 66.1 Å². The number of phenolic OH excluding ortho intramolecular Hbond substituents is 1. The van der Waals surface area contributed by atoms with Gasteiger partial charge in [0.15, 0.2) is 0 Å². The molecule has 3 fully saturated rings. The third-order valence-corrected chi connectivity index (χ3v) is 8.87. The van der Waals surface area contributed by atoms with E-state index in [1.165, 1.54) is 12.8 Å². The Kier molecular flexibility index (Phi) is 6.53. The molecule has 3 atom stereocenters. The fourth-order valence-electron chi connectivity index (χ4n) is 6.55. The van der Waals surface area contributed by atoms with Gasteiger partial charge in [0.25, 0.3) is 0 Å². The van der Waals surface area contributed by atoms with Crippen molar-refractivity contribution >= 4 is 12.0 Å². The zero-order chi connectivity index (χ0) is 24.6. The second kappa shape index (κ2) is 9.47. The second-order valence-corrected chi connectivity index (χ2v) is 10.9. The highest BCUT2D eigenvalue weighted by molar-refractivity contribution is 5.92. The smallest absolute Gasteiger partial charge is 0.246 e. The number of nitrogens with zero attached hydrogens (tertiary/aromatic N) is 2. The molecule has 1 aromatic carbocycles. The number of ether oxygens (including phenoxy) is 1. The zero-order valence-electron chi connectivity index (χ0n) is 21.2. The van der Waals surface area contributed by atoms with Crippen LogP contribution in [0.3, 0.4) is 0 Å². The minimum atomic E-state index is -0.335. The quantitative estimate of drug-likeness (QED) is 0.582. The van der Waals surface area contributed by atoms with Crippen molar-refractivity contribution < 1.29 is 19.1 Å². The van der Waals surface area contributed by atoms with Gasteiger partial charge < -0.3 is 24.1 Å². The highest BCUT2D eigenvalue weighted by Gasteiger charge is 2.59. The van der Waals surface area contributed by atoms with Crippen molar-refractivity contribution in [3.8, 4) is 5.75 Å². The van der Waals surface area contributed by atoms with Crippen LogP contribution in [0.15, 0.2) is 47.1 Å². The first-order valence-corrected chi connectivity index (χ1v) is 12.9. The van der Waals surface area contributed by atoms with E-state index in [0.29, 0.717) is 0 Å². The number of phenols is 1. The fourth-order valence-corrected chi connectivity index (χ4v) is 6.55. The zero-order valence-corrected chi connectivity index (χ0v) is 21.2. The summed E-state index contributed by atoms with van der Waals surface area (Å²) >= 11 is 0. The number of amides is 1. The molecular formula is C29H38N2O4. The van der Waals surface area contributed by atoms with Gasteiger partial charge in [-0.3, -0.25) is 4.79 Å². The molecule has 1 aliphatic heterocycles. The first-order valence-electron chi connectivity index (χ1n) is 12.9. The summed E-state index contributed by atoms with van der Waals surface area (Å²) in [7, 11) is 3.76. The first-order chi connectivity index (χ1) is 16.9. The maximum absolute atomic E-state index is 13.2. The van der Waals surface area contributed by atoms with Crippen molar-refractivity contribution in [1.29, 1.82) is 0 Å². The third-order valence-electron chi connectivity index (χ3n) is 8.87. The molecule has 0 radical (unpaired) electrons. The van der Waals surface area contributed by atoms with Crippen molar-refractivity contribution in [2.75, 3.05) is 33.8 Å². The lowest BCUT2D eigenvalue weighted by molar-refractivity contribution is -0.159. The SMILES string of the molecule is CO[C@]12CC[C@H](N(C)C(=O)/C=C/c3ccoc3C)C[C@]1(c1cccc(O)c1)CCN(CC1CC1)C2. The first kappa shape index (κ1) is 24.1. The standard InChI is InChI=1S/C29H38N2O4/c1-21-23(12-16-35-21)9-10-27(33)30(2)25-11-13-29(34-3)20-31(19-22-7-8-22)15-14-28(29,18-25)24-5-4-6-26(32)17-24/h4-6,9-10,12,16-17,22,25,32H,7-8,11,13-15,18-20H2,1-3H3/b10-9+/t25-,28-,29-/m0/s1. The molecule has 6 nitrogen and oxygen atoms in total. The van der Waals surface area contributed by atoms with Crippen LogP contribution in [0.25, 0.3) is 6.08 Å². The van der Waals surface area contributed by atoms with Crippen LogP contribution in [-0.4, -0.2) is 66.2 Å². The number of methoxy groups -OCH3 is 1. The average molecular weight is 479 g/mol. The maximum Gasteiger partial charge on any atom is 0.246 e. The molecule has 35 heavy (non-hydrogen) atoms. The minimum Gasteiger partial charge on any atom is -0.508 e. The largest absolute Gasteiger partial charge is 0.508 e. The van der Waals surface area contributed by atoms with Crippen LogP contribution in [0.2, 0.25) is 0 Å². The van der Waals surface area contributed by atoms with Gasteiger partial charge in [0.1, 0.15) is 11.5 Å². The lowest BCUT2D eigenvalue weighted by atomic mass is 9.55. The average Bonchev–Trinajstić information content (AvgIpc) is 3.59.